The summed E-state index contributed by atoms with van der Waals surface area (Å²) in [6, 6.07) is 6.65. The Hall–Kier alpha value is -1.42. The standard InChI is InChI=1S/C16H23FN2O/c1-2-12-6-5-7-13(10-12)18-11-16(20)19-15-9-4-3-8-14(15)17/h3-4,8-9,12-13,18H,2,5-7,10-11H2,1H3,(H,19,20). The fourth-order valence-corrected chi connectivity index (χ4v) is 2.84. The average molecular weight is 278 g/mol. The van der Waals surface area contributed by atoms with E-state index in [0.717, 1.165) is 18.8 Å². The van der Waals surface area contributed by atoms with Gasteiger partial charge in [0.1, 0.15) is 5.82 Å². The molecular weight excluding hydrogens is 255 g/mol. The minimum absolute atomic E-state index is 0.186. The zero-order valence-corrected chi connectivity index (χ0v) is 12.0. The average Bonchev–Trinajstić information content (AvgIpc) is 2.48. The van der Waals surface area contributed by atoms with Crippen molar-refractivity contribution in [2.45, 2.75) is 45.1 Å². The van der Waals surface area contributed by atoms with Crippen molar-refractivity contribution in [3.8, 4) is 0 Å². The fourth-order valence-electron chi connectivity index (χ4n) is 2.84. The Morgan fingerprint density at radius 3 is 2.90 bits per heavy atom. The van der Waals surface area contributed by atoms with Gasteiger partial charge < -0.3 is 10.6 Å². The van der Waals surface area contributed by atoms with Crippen LogP contribution in [0.25, 0.3) is 0 Å². The second-order valence-corrected chi connectivity index (χ2v) is 5.55. The van der Waals surface area contributed by atoms with Crippen LogP contribution in [0.2, 0.25) is 0 Å². The van der Waals surface area contributed by atoms with Crippen LogP contribution in [-0.2, 0) is 4.79 Å². The SMILES string of the molecule is CCC1CCCC(NCC(=O)Nc2ccccc2F)C1. The molecule has 1 aliphatic carbocycles. The molecule has 1 saturated carbocycles. The number of hydrogen-bond donors (Lipinski definition) is 2. The number of benzene rings is 1. The number of nitrogens with one attached hydrogen (secondary N) is 2. The van der Waals surface area contributed by atoms with Crippen LogP contribution in [-0.4, -0.2) is 18.5 Å². The van der Waals surface area contributed by atoms with Gasteiger partial charge in [-0.1, -0.05) is 38.3 Å². The van der Waals surface area contributed by atoms with Gasteiger partial charge in [0, 0.05) is 6.04 Å². The normalized spacial score (nSPS) is 22.5. The molecule has 0 saturated heterocycles. The third kappa shape index (κ3) is 4.30. The minimum atomic E-state index is -0.399. The smallest absolute Gasteiger partial charge is 0.238 e. The maximum Gasteiger partial charge on any atom is 0.238 e. The van der Waals surface area contributed by atoms with Gasteiger partial charge in [-0.05, 0) is 30.9 Å². The van der Waals surface area contributed by atoms with Crippen molar-refractivity contribution >= 4 is 11.6 Å². The van der Waals surface area contributed by atoms with E-state index >= 15 is 0 Å². The Labute approximate surface area is 120 Å². The highest BCUT2D eigenvalue weighted by molar-refractivity contribution is 5.92. The van der Waals surface area contributed by atoms with E-state index in [2.05, 4.69) is 17.6 Å². The molecular formula is C16H23FN2O. The van der Waals surface area contributed by atoms with Crippen LogP contribution in [0.15, 0.2) is 24.3 Å². The second kappa shape index (κ2) is 7.39. The Balaban J connectivity index is 1.76. The molecule has 2 atom stereocenters. The zero-order valence-electron chi connectivity index (χ0n) is 12.0. The molecule has 0 spiro atoms. The molecule has 20 heavy (non-hydrogen) atoms. The molecule has 0 radical (unpaired) electrons. The summed E-state index contributed by atoms with van der Waals surface area (Å²) in [5.41, 5.74) is 0.245. The van der Waals surface area contributed by atoms with Crippen LogP contribution in [0.5, 0.6) is 0 Å². The van der Waals surface area contributed by atoms with Crippen LogP contribution >= 0.6 is 0 Å². The first kappa shape index (κ1) is 15.0. The van der Waals surface area contributed by atoms with E-state index in [1.807, 2.05) is 0 Å². The predicted octanol–water partition coefficient (Wildman–Crippen LogP) is 3.32. The van der Waals surface area contributed by atoms with E-state index < -0.39 is 5.82 Å². The summed E-state index contributed by atoms with van der Waals surface area (Å²) in [7, 11) is 0. The molecule has 1 amide bonds. The first-order valence-electron chi connectivity index (χ1n) is 7.46. The molecule has 4 heteroatoms. The lowest BCUT2D eigenvalue weighted by Crippen LogP contribution is -2.39. The molecule has 1 aromatic rings. The van der Waals surface area contributed by atoms with Crippen molar-refractivity contribution in [3.05, 3.63) is 30.1 Å². The number of para-hydroxylation sites is 1. The lowest BCUT2D eigenvalue weighted by atomic mass is 9.84. The Morgan fingerprint density at radius 2 is 2.15 bits per heavy atom. The van der Waals surface area contributed by atoms with E-state index in [0.29, 0.717) is 6.04 Å². The molecule has 0 bridgehead atoms. The predicted molar refractivity (Wildman–Crippen MR) is 79.1 cm³/mol. The first-order chi connectivity index (χ1) is 9.69. The number of hydrogen-bond acceptors (Lipinski definition) is 2. The summed E-state index contributed by atoms with van der Waals surface area (Å²) in [6.45, 7) is 2.47. The number of carbonyl (C=O) groups is 1. The number of carbonyl (C=O) groups excluding carboxylic acids is 1. The molecule has 2 N–H and O–H groups in total. The largest absolute Gasteiger partial charge is 0.322 e. The number of anilines is 1. The van der Waals surface area contributed by atoms with Gasteiger partial charge in [-0.25, -0.2) is 4.39 Å². The van der Waals surface area contributed by atoms with E-state index in [1.54, 1.807) is 18.2 Å². The van der Waals surface area contributed by atoms with Gasteiger partial charge in [-0.3, -0.25) is 4.79 Å². The zero-order chi connectivity index (χ0) is 14.4. The fraction of sp³-hybridized carbons (Fsp3) is 0.562. The molecule has 1 aliphatic rings. The van der Waals surface area contributed by atoms with Gasteiger partial charge in [0.25, 0.3) is 0 Å². The molecule has 2 rings (SSSR count). The molecule has 2 unspecified atom stereocenters. The molecule has 3 nitrogen and oxygen atoms in total. The highest BCUT2D eigenvalue weighted by Gasteiger charge is 2.20. The number of halogens is 1. The molecule has 0 aromatic heterocycles. The summed E-state index contributed by atoms with van der Waals surface area (Å²) in [6.07, 6.45) is 6.01. The van der Waals surface area contributed by atoms with Crippen LogP contribution < -0.4 is 10.6 Å². The third-order valence-corrected chi connectivity index (χ3v) is 4.06. The third-order valence-electron chi connectivity index (χ3n) is 4.06. The number of amides is 1. The van der Waals surface area contributed by atoms with Crippen molar-refractivity contribution in [2.75, 3.05) is 11.9 Å². The summed E-state index contributed by atoms with van der Waals surface area (Å²) >= 11 is 0. The minimum Gasteiger partial charge on any atom is -0.322 e. The van der Waals surface area contributed by atoms with Crippen molar-refractivity contribution in [2.24, 2.45) is 5.92 Å². The van der Waals surface area contributed by atoms with Gasteiger partial charge >= 0.3 is 0 Å². The van der Waals surface area contributed by atoms with Crippen molar-refractivity contribution in [3.63, 3.8) is 0 Å². The Kier molecular flexibility index (Phi) is 5.53. The maximum atomic E-state index is 13.4. The lowest BCUT2D eigenvalue weighted by Gasteiger charge is -2.29. The van der Waals surface area contributed by atoms with Crippen molar-refractivity contribution in [1.29, 1.82) is 0 Å². The number of rotatable bonds is 5. The van der Waals surface area contributed by atoms with Gasteiger partial charge in [0.05, 0.1) is 12.2 Å². The van der Waals surface area contributed by atoms with Crippen LogP contribution in [0.3, 0.4) is 0 Å². The highest BCUT2D eigenvalue weighted by Crippen LogP contribution is 2.26. The van der Waals surface area contributed by atoms with Gasteiger partial charge in [-0.2, -0.15) is 0 Å². The van der Waals surface area contributed by atoms with E-state index in [4.69, 9.17) is 0 Å². The molecule has 1 aromatic carbocycles. The first-order valence-corrected chi connectivity index (χ1v) is 7.46. The molecule has 1 fully saturated rings. The quantitative estimate of drug-likeness (QED) is 0.867. The topological polar surface area (TPSA) is 41.1 Å². The highest BCUT2D eigenvalue weighted by atomic mass is 19.1. The summed E-state index contributed by atoms with van der Waals surface area (Å²) in [4.78, 5) is 11.8. The second-order valence-electron chi connectivity index (χ2n) is 5.55. The van der Waals surface area contributed by atoms with Crippen LogP contribution in [0, 0.1) is 11.7 Å². The summed E-state index contributed by atoms with van der Waals surface area (Å²) < 4.78 is 13.4. The van der Waals surface area contributed by atoms with Gasteiger partial charge in [0.15, 0.2) is 0 Å². The van der Waals surface area contributed by atoms with Crippen molar-refractivity contribution in [1.82, 2.24) is 5.32 Å². The van der Waals surface area contributed by atoms with E-state index in [-0.39, 0.29) is 18.1 Å². The van der Waals surface area contributed by atoms with E-state index in [9.17, 15) is 9.18 Å². The Bertz CT molecular complexity index is 450. The summed E-state index contributed by atoms with van der Waals surface area (Å²) in [5, 5.41) is 5.89. The lowest BCUT2D eigenvalue weighted by molar-refractivity contribution is -0.115. The molecule has 0 heterocycles. The summed E-state index contributed by atoms with van der Waals surface area (Å²) in [5.74, 6) is 0.189. The van der Waals surface area contributed by atoms with Crippen LogP contribution in [0.1, 0.15) is 39.0 Å². The maximum absolute atomic E-state index is 13.4. The monoisotopic (exact) mass is 278 g/mol. The van der Waals surface area contributed by atoms with Gasteiger partial charge in [0.2, 0.25) is 5.91 Å². The van der Waals surface area contributed by atoms with E-state index in [1.165, 1.54) is 25.3 Å². The van der Waals surface area contributed by atoms with Gasteiger partial charge in [-0.15, -0.1) is 0 Å². The van der Waals surface area contributed by atoms with Crippen molar-refractivity contribution < 1.29 is 9.18 Å². The molecule has 0 aliphatic heterocycles. The molecule has 110 valence electrons. The Morgan fingerprint density at radius 1 is 1.35 bits per heavy atom. The van der Waals surface area contributed by atoms with Crippen LogP contribution in [0.4, 0.5) is 10.1 Å².